The van der Waals surface area contributed by atoms with E-state index in [9.17, 15) is 0 Å². The van der Waals surface area contributed by atoms with Crippen LogP contribution in [0, 0.1) is 12.3 Å². The Bertz CT molecular complexity index is 854. The molecule has 0 radical (unpaired) electrons. The second kappa shape index (κ2) is 6.35. The highest BCUT2D eigenvalue weighted by atomic mass is 79.9. The van der Waals surface area contributed by atoms with Crippen LogP contribution in [-0.2, 0) is 6.54 Å². The first-order valence-corrected chi connectivity index (χ1v) is 10.2. The van der Waals surface area contributed by atoms with E-state index in [0.29, 0.717) is 18.0 Å². The molecule has 0 spiro atoms. The van der Waals surface area contributed by atoms with Gasteiger partial charge in [0.1, 0.15) is 5.76 Å². The number of benzene rings is 1. The van der Waals surface area contributed by atoms with Gasteiger partial charge in [-0.15, -0.1) is 6.58 Å². The van der Waals surface area contributed by atoms with E-state index in [1.807, 2.05) is 6.92 Å². The Kier molecular flexibility index (Phi) is 4.39. The minimum atomic E-state index is 0.262. The zero-order valence-electron chi connectivity index (χ0n) is 16.1. The summed E-state index contributed by atoms with van der Waals surface area (Å²) in [5.74, 6) is 1.35. The number of fused-ring (bicyclic) bond motifs is 2. The molecule has 0 N–H and O–H groups in total. The highest BCUT2D eigenvalue weighted by Crippen LogP contribution is 2.61. The lowest BCUT2D eigenvalue weighted by atomic mass is 9.57. The van der Waals surface area contributed by atoms with E-state index in [1.165, 1.54) is 27.6 Å². The Morgan fingerprint density at radius 2 is 2.19 bits per heavy atom. The van der Waals surface area contributed by atoms with Gasteiger partial charge in [-0.1, -0.05) is 52.6 Å². The van der Waals surface area contributed by atoms with Crippen molar-refractivity contribution in [3.8, 4) is 0 Å². The van der Waals surface area contributed by atoms with Crippen molar-refractivity contribution >= 4 is 15.9 Å². The summed E-state index contributed by atoms with van der Waals surface area (Å²) in [5.41, 5.74) is 5.51. The van der Waals surface area contributed by atoms with E-state index >= 15 is 0 Å². The van der Waals surface area contributed by atoms with Gasteiger partial charge in [0.2, 0.25) is 0 Å². The lowest BCUT2D eigenvalue weighted by Gasteiger charge is -2.59. The summed E-state index contributed by atoms with van der Waals surface area (Å²) in [6, 6.07) is 9.58. The van der Waals surface area contributed by atoms with Crippen LogP contribution in [0.25, 0.3) is 0 Å². The van der Waals surface area contributed by atoms with Crippen molar-refractivity contribution in [1.29, 1.82) is 0 Å². The Balaban J connectivity index is 1.82. The van der Waals surface area contributed by atoms with E-state index in [-0.39, 0.29) is 5.41 Å². The predicted octanol–water partition coefficient (Wildman–Crippen LogP) is 6.15. The molecule has 1 fully saturated rings. The standard InChI is InChI=1S/C22H27BrN2O/c1-13(2)9-18-21-20-16(7-6-8-17(20)23)19(11-22(21,4)5)25(18)12-15-10-14(3)26-24-15/h6-8,10,18-19,21H,1,9,11-12H2,2-5H3/t18-,19-,21-/m0/s1. The van der Waals surface area contributed by atoms with Gasteiger partial charge >= 0.3 is 0 Å². The highest BCUT2D eigenvalue weighted by molar-refractivity contribution is 9.10. The first kappa shape index (κ1) is 18.0. The quantitative estimate of drug-likeness (QED) is 0.561. The zero-order chi connectivity index (χ0) is 18.6. The fourth-order valence-corrected chi connectivity index (χ4v) is 5.86. The molecule has 3 nitrogen and oxygen atoms in total. The molecule has 1 aromatic carbocycles. The van der Waals surface area contributed by atoms with Crippen LogP contribution in [0.1, 0.15) is 68.2 Å². The second-order valence-electron chi connectivity index (χ2n) is 8.76. The molecule has 1 aliphatic carbocycles. The molecule has 4 heteroatoms. The Hall–Kier alpha value is -1.39. The molecule has 1 aromatic heterocycles. The first-order valence-electron chi connectivity index (χ1n) is 9.38. The summed E-state index contributed by atoms with van der Waals surface area (Å²) >= 11 is 3.85. The molecule has 2 aliphatic heterocycles. The van der Waals surface area contributed by atoms with Gasteiger partial charge in [0.25, 0.3) is 0 Å². The average molecular weight is 415 g/mol. The van der Waals surface area contributed by atoms with Gasteiger partial charge in [0, 0.05) is 35.1 Å². The fourth-order valence-electron chi connectivity index (χ4n) is 5.23. The molecule has 3 heterocycles. The maximum absolute atomic E-state index is 5.33. The number of piperidine rings is 1. The second-order valence-corrected chi connectivity index (χ2v) is 9.61. The van der Waals surface area contributed by atoms with Crippen molar-refractivity contribution < 1.29 is 4.52 Å². The lowest BCUT2D eigenvalue weighted by molar-refractivity contribution is -0.0327. The van der Waals surface area contributed by atoms with Crippen molar-refractivity contribution in [2.75, 3.05) is 0 Å². The van der Waals surface area contributed by atoms with Gasteiger partial charge in [-0.3, -0.25) is 4.90 Å². The molecule has 26 heavy (non-hydrogen) atoms. The normalized spacial score (nSPS) is 26.7. The molecule has 0 saturated carbocycles. The number of hydrogen-bond donors (Lipinski definition) is 0. The SMILES string of the molecule is C=C(C)C[C@H]1[C@H]2c3c(Br)cccc3[C@H](CC2(C)C)N1Cc1cc(C)on1. The van der Waals surface area contributed by atoms with Crippen LogP contribution in [0.4, 0.5) is 0 Å². The summed E-state index contributed by atoms with van der Waals surface area (Å²) in [4.78, 5) is 2.65. The summed E-state index contributed by atoms with van der Waals surface area (Å²) in [5, 5.41) is 4.27. The van der Waals surface area contributed by atoms with Gasteiger partial charge in [-0.2, -0.15) is 0 Å². The van der Waals surface area contributed by atoms with E-state index in [0.717, 1.165) is 24.4 Å². The maximum atomic E-state index is 5.33. The predicted molar refractivity (Wildman–Crippen MR) is 108 cm³/mol. The Morgan fingerprint density at radius 1 is 1.42 bits per heavy atom. The van der Waals surface area contributed by atoms with Crippen molar-refractivity contribution in [2.45, 2.75) is 65.1 Å². The van der Waals surface area contributed by atoms with Gasteiger partial charge in [0.15, 0.2) is 0 Å². The summed E-state index contributed by atoms with van der Waals surface area (Å²) in [6.07, 6.45) is 2.19. The summed E-state index contributed by atoms with van der Waals surface area (Å²) in [7, 11) is 0. The zero-order valence-corrected chi connectivity index (χ0v) is 17.6. The molecule has 2 aromatic rings. The van der Waals surface area contributed by atoms with Gasteiger partial charge in [0.05, 0.1) is 5.69 Å². The van der Waals surface area contributed by atoms with E-state index in [4.69, 9.17) is 4.52 Å². The van der Waals surface area contributed by atoms with Gasteiger partial charge in [-0.25, -0.2) is 0 Å². The van der Waals surface area contributed by atoms with E-state index in [2.05, 4.69) is 77.6 Å². The largest absolute Gasteiger partial charge is 0.361 e. The lowest BCUT2D eigenvalue weighted by Crippen LogP contribution is -2.56. The number of halogens is 1. The third-order valence-corrected chi connectivity index (χ3v) is 6.80. The smallest absolute Gasteiger partial charge is 0.133 e. The molecule has 2 bridgehead atoms. The third kappa shape index (κ3) is 2.87. The number of nitrogens with zero attached hydrogens (tertiary/aromatic N) is 2. The van der Waals surface area contributed by atoms with Crippen molar-refractivity contribution in [3.63, 3.8) is 0 Å². The topological polar surface area (TPSA) is 29.3 Å². The molecular weight excluding hydrogens is 388 g/mol. The van der Waals surface area contributed by atoms with Crippen molar-refractivity contribution in [1.82, 2.24) is 10.1 Å². The van der Waals surface area contributed by atoms with Crippen LogP contribution >= 0.6 is 15.9 Å². The molecule has 0 unspecified atom stereocenters. The molecule has 1 saturated heterocycles. The van der Waals surface area contributed by atoms with Gasteiger partial charge in [-0.05, 0) is 49.3 Å². The van der Waals surface area contributed by atoms with Crippen LogP contribution in [0.5, 0.6) is 0 Å². The molecule has 5 rings (SSSR count). The van der Waals surface area contributed by atoms with Crippen LogP contribution < -0.4 is 0 Å². The number of aryl methyl sites for hydroxylation is 1. The Labute approximate surface area is 164 Å². The molecule has 3 aliphatic rings. The van der Waals surface area contributed by atoms with E-state index < -0.39 is 0 Å². The number of hydrogen-bond acceptors (Lipinski definition) is 3. The first-order chi connectivity index (χ1) is 12.3. The minimum absolute atomic E-state index is 0.262. The Morgan fingerprint density at radius 3 is 2.85 bits per heavy atom. The van der Waals surface area contributed by atoms with Crippen molar-refractivity contribution in [3.05, 3.63) is 63.5 Å². The molecule has 3 atom stereocenters. The number of aromatic nitrogens is 1. The van der Waals surface area contributed by atoms with Crippen molar-refractivity contribution in [2.24, 2.45) is 5.41 Å². The minimum Gasteiger partial charge on any atom is -0.361 e. The van der Waals surface area contributed by atoms with E-state index in [1.54, 1.807) is 0 Å². The van der Waals surface area contributed by atoms with Crippen LogP contribution in [0.15, 0.2) is 45.4 Å². The third-order valence-electron chi connectivity index (χ3n) is 6.11. The molecular formula is C22H27BrN2O. The number of rotatable bonds is 4. The molecule has 0 amide bonds. The fraction of sp³-hybridized carbons (Fsp3) is 0.500. The van der Waals surface area contributed by atoms with Gasteiger partial charge < -0.3 is 4.52 Å². The monoisotopic (exact) mass is 414 g/mol. The maximum Gasteiger partial charge on any atom is 0.133 e. The van der Waals surface area contributed by atoms with Crippen LogP contribution in [0.3, 0.4) is 0 Å². The van der Waals surface area contributed by atoms with Crippen LogP contribution in [0.2, 0.25) is 0 Å². The van der Waals surface area contributed by atoms with Crippen LogP contribution in [-0.4, -0.2) is 16.1 Å². The molecule has 138 valence electrons. The summed E-state index contributed by atoms with van der Waals surface area (Å²) < 4.78 is 6.58. The highest BCUT2D eigenvalue weighted by Gasteiger charge is 2.54. The summed E-state index contributed by atoms with van der Waals surface area (Å²) in [6.45, 7) is 14.0. The average Bonchev–Trinajstić information content (AvgIpc) is 2.95.